The second-order valence-corrected chi connectivity index (χ2v) is 7.50. The average Bonchev–Trinajstić information content (AvgIpc) is 2.29. The molecule has 0 spiro atoms. The molecule has 1 heterocycles. The maximum absolute atomic E-state index is 11.7. The molecule has 18 heavy (non-hydrogen) atoms. The zero-order valence-electron chi connectivity index (χ0n) is 10.8. The maximum Gasteiger partial charge on any atom is 0.150 e. The fourth-order valence-electron chi connectivity index (χ4n) is 2.88. The van der Waals surface area contributed by atoms with Gasteiger partial charge in [-0.05, 0) is 43.7 Å². The molecule has 0 saturated carbocycles. The number of hydrogen-bond acceptors (Lipinski definition) is 3. The Kier molecular flexibility index (Phi) is 4.07. The van der Waals surface area contributed by atoms with Crippen molar-refractivity contribution in [3.63, 3.8) is 0 Å². The monoisotopic (exact) mass is 267 g/mol. The number of aryl methyl sites for hydroxylation is 1. The fourth-order valence-corrected chi connectivity index (χ4v) is 4.70. The first-order chi connectivity index (χ1) is 8.52. The van der Waals surface area contributed by atoms with E-state index in [1.807, 2.05) is 6.07 Å². The summed E-state index contributed by atoms with van der Waals surface area (Å²) in [5.41, 5.74) is 8.26. The molecule has 0 aliphatic carbocycles. The van der Waals surface area contributed by atoms with E-state index in [0.717, 1.165) is 12.8 Å². The summed E-state index contributed by atoms with van der Waals surface area (Å²) in [5, 5.41) is 0. The Morgan fingerprint density at radius 3 is 2.83 bits per heavy atom. The SMILES string of the molecule is Cc1cccc(C(CN)C2CCCS(=O)(=O)C2)c1. The fraction of sp³-hybridized carbons (Fsp3) is 0.571. The van der Waals surface area contributed by atoms with Crippen LogP contribution < -0.4 is 5.73 Å². The summed E-state index contributed by atoms with van der Waals surface area (Å²) in [4.78, 5) is 0. The van der Waals surface area contributed by atoms with Crippen molar-refractivity contribution >= 4 is 9.84 Å². The predicted octanol–water partition coefficient (Wildman–Crippen LogP) is 1.86. The molecule has 2 unspecified atom stereocenters. The van der Waals surface area contributed by atoms with Gasteiger partial charge >= 0.3 is 0 Å². The van der Waals surface area contributed by atoms with Crippen LogP contribution >= 0.6 is 0 Å². The van der Waals surface area contributed by atoms with Crippen molar-refractivity contribution in [3.8, 4) is 0 Å². The molecule has 1 saturated heterocycles. The molecule has 2 atom stereocenters. The lowest BCUT2D eigenvalue weighted by Crippen LogP contribution is -2.32. The minimum atomic E-state index is -2.86. The largest absolute Gasteiger partial charge is 0.330 e. The van der Waals surface area contributed by atoms with E-state index in [1.54, 1.807) is 0 Å². The number of rotatable bonds is 3. The van der Waals surface area contributed by atoms with E-state index in [0.29, 0.717) is 18.1 Å². The van der Waals surface area contributed by atoms with Crippen molar-refractivity contribution in [1.82, 2.24) is 0 Å². The molecule has 100 valence electrons. The lowest BCUT2D eigenvalue weighted by Gasteiger charge is -2.29. The van der Waals surface area contributed by atoms with Crippen molar-refractivity contribution in [2.24, 2.45) is 11.7 Å². The Balaban J connectivity index is 2.23. The van der Waals surface area contributed by atoms with E-state index in [2.05, 4.69) is 25.1 Å². The van der Waals surface area contributed by atoms with Crippen molar-refractivity contribution in [1.29, 1.82) is 0 Å². The smallest absolute Gasteiger partial charge is 0.150 e. The first-order valence-electron chi connectivity index (χ1n) is 6.49. The second kappa shape index (κ2) is 5.41. The molecule has 0 bridgehead atoms. The van der Waals surface area contributed by atoms with E-state index >= 15 is 0 Å². The van der Waals surface area contributed by atoms with E-state index in [4.69, 9.17) is 5.73 Å². The zero-order valence-corrected chi connectivity index (χ0v) is 11.6. The number of sulfone groups is 1. The van der Waals surface area contributed by atoms with E-state index in [9.17, 15) is 8.42 Å². The first kappa shape index (κ1) is 13.6. The van der Waals surface area contributed by atoms with Crippen LogP contribution in [-0.4, -0.2) is 26.5 Å². The third kappa shape index (κ3) is 3.12. The summed E-state index contributed by atoms with van der Waals surface area (Å²) in [7, 11) is -2.86. The molecular weight excluding hydrogens is 246 g/mol. The van der Waals surface area contributed by atoms with Crippen molar-refractivity contribution in [2.75, 3.05) is 18.1 Å². The van der Waals surface area contributed by atoms with Gasteiger partial charge in [0, 0.05) is 0 Å². The molecule has 1 aliphatic rings. The molecule has 1 aromatic carbocycles. The van der Waals surface area contributed by atoms with Crippen LogP contribution in [0.15, 0.2) is 24.3 Å². The molecule has 2 N–H and O–H groups in total. The van der Waals surface area contributed by atoms with Gasteiger partial charge in [0.1, 0.15) is 0 Å². The lowest BCUT2D eigenvalue weighted by molar-refractivity contribution is 0.413. The van der Waals surface area contributed by atoms with Crippen LogP contribution in [0.1, 0.15) is 29.9 Å². The maximum atomic E-state index is 11.7. The highest BCUT2D eigenvalue weighted by Crippen LogP contribution is 2.32. The molecule has 3 nitrogen and oxygen atoms in total. The Bertz CT molecular complexity index is 510. The van der Waals surface area contributed by atoms with Crippen LogP contribution in [0.4, 0.5) is 0 Å². The molecule has 2 rings (SSSR count). The average molecular weight is 267 g/mol. The third-order valence-electron chi connectivity index (χ3n) is 3.79. The summed E-state index contributed by atoms with van der Waals surface area (Å²) >= 11 is 0. The Labute approximate surface area is 109 Å². The molecule has 4 heteroatoms. The van der Waals surface area contributed by atoms with Gasteiger partial charge in [-0.2, -0.15) is 0 Å². The van der Waals surface area contributed by atoms with Crippen LogP contribution in [0.3, 0.4) is 0 Å². The Morgan fingerprint density at radius 1 is 1.44 bits per heavy atom. The summed E-state index contributed by atoms with van der Waals surface area (Å²) in [6.07, 6.45) is 1.74. The van der Waals surface area contributed by atoms with Gasteiger partial charge in [0.05, 0.1) is 11.5 Å². The molecule has 1 fully saturated rings. The van der Waals surface area contributed by atoms with Gasteiger partial charge in [-0.25, -0.2) is 8.42 Å². The summed E-state index contributed by atoms with van der Waals surface area (Å²) in [5.74, 6) is 0.979. The van der Waals surface area contributed by atoms with Crippen LogP contribution in [0.25, 0.3) is 0 Å². The highest BCUT2D eigenvalue weighted by Gasteiger charge is 2.30. The van der Waals surface area contributed by atoms with Crippen LogP contribution in [0.5, 0.6) is 0 Å². The minimum Gasteiger partial charge on any atom is -0.330 e. The molecule has 1 aliphatic heterocycles. The molecule has 0 radical (unpaired) electrons. The summed E-state index contributed by atoms with van der Waals surface area (Å²) in [6.45, 7) is 2.57. The number of benzene rings is 1. The zero-order chi connectivity index (χ0) is 13.2. The Hall–Kier alpha value is -0.870. The van der Waals surface area contributed by atoms with Crippen molar-refractivity contribution in [3.05, 3.63) is 35.4 Å². The highest BCUT2D eigenvalue weighted by atomic mass is 32.2. The first-order valence-corrected chi connectivity index (χ1v) is 8.31. The summed E-state index contributed by atoms with van der Waals surface area (Å²) in [6, 6.07) is 8.25. The quantitative estimate of drug-likeness (QED) is 0.909. The molecule has 0 aromatic heterocycles. The second-order valence-electron chi connectivity index (χ2n) is 5.27. The van der Waals surface area contributed by atoms with Gasteiger partial charge in [-0.1, -0.05) is 29.8 Å². The van der Waals surface area contributed by atoms with Gasteiger partial charge in [0.15, 0.2) is 9.84 Å². The van der Waals surface area contributed by atoms with E-state index < -0.39 is 9.84 Å². The number of hydrogen-bond donors (Lipinski definition) is 1. The van der Waals surface area contributed by atoms with E-state index in [1.165, 1.54) is 11.1 Å². The standard InChI is InChI=1S/C14H21NO2S/c1-11-4-2-5-12(8-11)14(9-15)13-6-3-7-18(16,17)10-13/h2,4-5,8,13-14H,3,6-7,9-10,15H2,1H3. The minimum absolute atomic E-state index is 0.167. The van der Waals surface area contributed by atoms with Crippen molar-refractivity contribution in [2.45, 2.75) is 25.7 Å². The summed E-state index contributed by atoms with van der Waals surface area (Å²) < 4.78 is 23.5. The van der Waals surface area contributed by atoms with Gasteiger partial charge in [-0.15, -0.1) is 0 Å². The number of nitrogens with two attached hydrogens (primary N) is 1. The van der Waals surface area contributed by atoms with Crippen LogP contribution in [-0.2, 0) is 9.84 Å². The molecular formula is C14H21NO2S. The Morgan fingerprint density at radius 2 is 2.22 bits per heavy atom. The highest BCUT2D eigenvalue weighted by molar-refractivity contribution is 7.91. The third-order valence-corrected chi connectivity index (χ3v) is 5.64. The lowest BCUT2D eigenvalue weighted by atomic mass is 9.84. The van der Waals surface area contributed by atoms with Crippen LogP contribution in [0, 0.1) is 12.8 Å². The van der Waals surface area contributed by atoms with E-state index in [-0.39, 0.29) is 11.8 Å². The van der Waals surface area contributed by atoms with Crippen molar-refractivity contribution < 1.29 is 8.42 Å². The molecule has 0 amide bonds. The van der Waals surface area contributed by atoms with Gasteiger partial charge in [-0.3, -0.25) is 0 Å². The topological polar surface area (TPSA) is 60.2 Å². The van der Waals surface area contributed by atoms with Crippen LogP contribution in [0.2, 0.25) is 0 Å². The predicted molar refractivity (Wildman–Crippen MR) is 74.4 cm³/mol. The van der Waals surface area contributed by atoms with Gasteiger partial charge in [0.25, 0.3) is 0 Å². The normalized spacial score (nSPS) is 24.7. The van der Waals surface area contributed by atoms with Gasteiger partial charge < -0.3 is 5.73 Å². The molecule has 1 aromatic rings. The van der Waals surface area contributed by atoms with Gasteiger partial charge in [0.2, 0.25) is 0 Å².